The molecule has 1 aliphatic rings. The lowest BCUT2D eigenvalue weighted by atomic mass is 10.0. The third kappa shape index (κ3) is 2.70. The maximum absolute atomic E-state index is 5.48. The van der Waals surface area contributed by atoms with E-state index in [9.17, 15) is 0 Å². The van der Waals surface area contributed by atoms with E-state index in [2.05, 4.69) is 11.9 Å². The second-order valence-electron chi connectivity index (χ2n) is 2.47. The summed E-state index contributed by atoms with van der Waals surface area (Å²) in [5.74, 6) is 1.59. The minimum Gasteiger partial charge on any atom is -0.387 e. The van der Waals surface area contributed by atoms with Crippen LogP contribution in [-0.2, 0) is 0 Å². The Morgan fingerprint density at radius 2 is 2.33 bits per heavy atom. The van der Waals surface area contributed by atoms with Crippen LogP contribution >= 0.6 is 12.4 Å². The zero-order valence-corrected chi connectivity index (χ0v) is 6.45. The summed E-state index contributed by atoms with van der Waals surface area (Å²) in [7, 11) is 0. The van der Waals surface area contributed by atoms with E-state index in [1.165, 1.54) is 6.42 Å². The number of halogens is 1. The summed E-state index contributed by atoms with van der Waals surface area (Å²) in [5, 5.41) is 0. The molecule has 1 heterocycles. The molecule has 1 aliphatic heterocycles. The fourth-order valence-electron chi connectivity index (χ4n) is 0.952. The molecule has 0 amide bonds. The van der Waals surface area contributed by atoms with E-state index < -0.39 is 0 Å². The van der Waals surface area contributed by atoms with Crippen LogP contribution in [0.3, 0.4) is 0 Å². The van der Waals surface area contributed by atoms with E-state index in [-0.39, 0.29) is 12.4 Å². The summed E-state index contributed by atoms with van der Waals surface area (Å²) in [6, 6.07) is 0. The number of rotatable bonds is 0. The Kier molecular flexibility index (Phi) is 3.62. The zero-order chi connectivity index (χ0) is 5.98. The molecule has 9 heavy (non-hydrogen) atoms. The van der Waals surface area contributed by atoms with Gasteiger partial charge in [0.2, 0.25) is 0 Å². The highest BCUT2D eigenvalue weighted by Gasteiger charge is 2.07. The molecule has 0 aromatic heterocycles. The van der Waals surface area contributed by atoms with Crippen LogP contribution in [0.4, 0.5) is 0 Å². The van der Waals surface area contributed by atoms with Gasteiger partial charge in [-0.3, -0.25) is 4.99 Å². The fourth-order valence-corrected chi connectivity index (χ4v) is 0.952. The average molecular weight is 149 g/mol. The third-order valence-corrected chi connectivity index (χ3v) is 1.49. The van der Waals surface area contributed by atoms with Crippen LogP contribution in [0.5, 0.6) is 0 Å². The maximum atomic E-state index is 5.48. The zero-order valence-electron chi connectivity index (χ0n) is 5.63. The highest BCUT2D eigenvalue weighted by atomic mass is 35.5. The van der Waals surface area contributed by atoms with Gasteiger partial charge in [-0.05, 0) is 12.3 Å². The van der Waals surface area contributed by atoms with Crippen LogP contribution in [0.15, 0.2) is 4.99 Å². The molecule has 0 bridgehead atoms. The van der Waals surface area contributed by atoms with Crippen LogP contribution in [-0.4, -0.2) is 12.4 Å². The number of hydrogen-bond donors (Lipinski definition) is 1. The lowest BCUT2D eigenvalue weighted by Gasteiger charge is -2.13. The smallest absolute Gasteiger partial charge is 0.0939 e. The van der Waals surface area contributed by atoms with Crippen molar-refractivity contribution in [3.63, 3.8) is 0 Å². The summed E-state index contributed by atoms with van der Waals surface area (Å²) in [6.45, 7) is 3.15. The fraction of sp³-hybridized carbons (Fsp3) is 0.833. The minimum absolute atomic E-state index is 0. The molecular weight excluding hydrogens is 136 g/mol. The molecular formula is C6H13ClN2. The average Bonchev–Trinajstić information content (AvgIpc) is 1.64. The predicted molar refractivity (Wildman–Crippen MR) is 42.1 cm³/mol. The minimum atomic E-state index is 0. The first-order chi connectivity index (χ1) is 3.79. The van der Waals surface area contributed by atoms with Gasteiger partial charge in [-0.2, -0.15) is 0 Å². The molecule has 0 unspecified atom stereocenters. The summed E-state index contributed by atoms with van der Waals surface area (Å²) < 4.78 is 0. The molecule has 0 aromatic rings. The van der Waals surface area contributed by atoms with E-state index in [0.29, 0.717) is 0 Å². The van der Waals surface area contributed by atoms with Crippen molar-refractivity contribution in [2.75, 3.05) is 6.54 Å². The van der Waals surface area contributed by atoms with Crippen molar-refractivity contribution in [2.24, 2.45) is 16.6 Å². The van der Waals surface area contributed by atoms with Crippen molar-refractivity contribution in [1.82, 2.24) is 0 Å². The molecule has 0 fully saturated rings. The molecule has 3 heteroatoms. The lowest BCUT2D eigenvalue weighted by molar-refractivity contribution is 0.538. The molecule has 1 atom stereocenters. The van der Waals surface area contributed by atoms with Gasteiger partial charge in [0.15, 0.2) is 0 Å². The lowest BCUT2D eigenvalue weighted by Crippen LogP contribution is -2.20. The van der Waals surface area contributed by atoms with Gasteiger partial charge in [-0.1, -0.05) is 6.92 Å². The van der Waals surface area contributed by atoms with Gasteiger partial charge in [0.05, 0.1) is 5.84 Å². The molecule has 0 saturated heterocycles. The van der Waals surface area contributed by atoms with Crippen molar-refractivity contribution in [1.29, 1.82) is 0 Å². The molecule has 2 N–H and O–H groups in total. The highest BCUT2D eigenvalue weighted by molar-refractivity contribution is 5.85. The van der Waals surface area contributed by atoms with Crippen LogP contribution in [0.2, 0.25) is 0 Å². The number of nitrogens with two attached hydrogens (primary N) is 1. The van der Waals surface area contributed by atoms with Gasteiger partial charge in [0.25, 0.3) is 0 Å². The molecule has 1 rings (SSSR count). The van der Waals surface area contributed by atoms with E-state index in [0.717, 1.165) is 24.7 Å². The maximum Gasteiger partial charge on any atom is 0.0939 e. The van der Waals surface area contributed by atoms with Crippen LogP contribution in [0.25, 0.3) is 0 Å². The largest absolute Gasteiger partial charge is 0.387 e. The Morgan fingerprint density at radius 3 is 2.67 bits per heavy atom. The van der Waals surface area contributed by atoms with Crippen molar-refractivity contribution in [2.45, 2.75) is 19.8 Å². The Morgan fingerprint density at radius 1 is 1.67 bits per heavy atom. The monoisotopic (exact) mass is 148 g/mol. The first-order valence-corrected chi connectivity index (χ1v) is 3.08. The van der Waals surface area contributed by atoms with E-state index >= 15 is 0 Å². The van der Waals surface area contributed by atoms with Gasteiger partial charge < -0.3 is 5.73 Å². The molecule has 0 aromatic carbocycles. The van der Waals surface area contributed by atoms with Crippen LogP contribution in [0, 0.1) is 5.92 Å². The second kappa shape index (κ2) is 3.72. The first-order valence-electron chi connectivity index (χ1n) is 3.08. The van der Waals surface area contributed by atoms with Gasteiger partial charge in [0.1, 0.15) is 0 Å². The van der Waals surface area contributed by atoms with Crippen LogP contribution in [0.1, 0.15) is 19.8 Å². The summed E-state index contributed by atoms with van der Waals surface area (Å²) in [6.07, 6.45) is 2.21. The van der Waals surface area contributed by atoms with Crippen molar-refractivity contribution >= 4 is 18.2 Å². The standard InChI is InChI=1S/C6H12N2.ClH/c1-5-2-3-8-6(7)4-5;/h5H,2-4H2,1H3,(H2,7,8);1H/t5-;/m0./s1. The molecule has 54 valence electrons. The van der Waals surface area contributed by atoms with Gasteiger partial charge in [-0.25, -0.2) is 0 Å². The molecule has 0 spiro atoms. The second-order valence-corrected chi connectivity index (χ2v) is 2.47. The quantitative estimate of drug-likeness (QED) is 0.551. The SMILES string of the molecule is C[C@H]1CCN=C(N)C1.Cl. The Balaban J connectivity index is 0.000000640. The first kappa shape index (κ1) is 8.76. The third-order valence-electron chi connectivity index (χ3n) is 1.49. The van der Waals surface area contributed by atoms with Gasteiger partial charge >= 0.3 is 0 Å². The van der Waals surface area contributed by atoms with Crippen molar-refractivity contribution < 1.29 is 0 Å². The summed E-state index contributed by atoms with van der Waals surface area (Å²) in [5.41, 5.74) is 5.48. The summed E-state index contributed by atoms with van der Waals surface area (Å²) in [4.78, 5) is 4.07. The highest BCUT2D eigenvalue weighted by Crippen LogP contribution is 2.11. The topological polar surface area (TPSA) is 38.4 Å². The predicted octanol–water partition coefficient (Wildman–Crippen LogP) is 1.20. The number of nitrogens with zero attached hydrogens (tertiary/aromatic N) is 1. The van der Waals surface area contributed by atoms with Crippen molar-refractivity contribution in [3.05, 3.63) is 0 Å². The van der Waals surface area contributed by atoms with E-state index in [1.807, 2.05) is 0 Å². The number of aliphatic imine (C=N–C) groups is 1. The normalized spacial score (nSPS) is 26.3. The van der Waals surface area contributed by atoms with Crippen molar-refractivity contribution in [3.8, 4) is 0 Å². The summed E-state index contributed by atoms with van der Waals surface area (Å²) >= 11 is 0. The molecule has 0 saturated carbocycles. The Labute approximate surface area is 61.9 Å². The Hall–Kier alpha value is -0.240. The molecule has 0 radical (unpaired) electrons. The van der Waals surface area contributed by atoms with E-state index in [1.54, 1.807) is 0 Å². The Bertz CT molecular complexity index is 112. The van der Waals surface area contributed by atoms with Gasteiger partial charge in [-0.15, -0.1) is 12.4 Å². The molecule has 2 nitrogen and oxygen atoms in total. The van der Waals surface area contributed by atoms with Crippen LogP contribution < -0.4 is 5.73 Å². The molecule has 0 aliphatic carbocycles. The number of amidine groups is 1. The van der Waals surface area contributed by atoms with E-state index in [4.69, 9.17) is 5.73 Å². The number of hydrogen-bond acceptors (Lipinski definition) is 2. The van der Waals surface area contributed by atoms with Gasteiger partial charge in [0, 0.05) is 13.0 Å².